The first-order valence-corrected chi connectivity index (χ1v) is 6.15. The fourth-order valence-corrected chi connectivity index (χ4v) is 2.30. The van der Waals surface area contributed by atoms with E-state index in [9.17, 15) is 4.79 Å². The van der Waals surface area contributed by atoms with Gasteiger partial charge in [-0.05, 0) is 18.4 Å². The van der Waals surface area contributed by atoms with Crippen LogP contribution in [0.5, 0.6) is 0 Å². The highest BCUT2D eigenvalue weighted by atomic mass is 16.5. The second-order valence-corrected chi connectivity index (χ2v) is 4.75. The lowest BCUT2D eigenvalue weighted by molar-refractivity contribution is -0.00153. The summed E-state index contributed by atoms with van der Waals surface area (Å²) < 4.78 is 5.41. The number of nitrogen functional groups attached to an aromatic ring is 1. The van der Waals surface area contributed by atoms with E-state index in [0.29, 0.717) is 23.7 Å². The molecule has 1 fully saturated rings. The lowest BCUT2D eigenvalue weighted by Gasteiger charge is -2.36. The SMILES string of the molecule is COC1CN(C(=O)c2ccncc2N)CCC1C. The molecule has 2 heterocycles. The number of hydrogen-bond acceptors (Lipinski definition) is 4. The van der Waals surface area contributed by atoms with Crippen LogP contribution in [0.1, 0.15) is 23.7 Å². The Hall–Kier alpha value is -1.62. The molecule has 0 spiro atoms. The van der Waals surface area contributed by atoms with Crippen molar-refractivity contribution >= 4 is 11.6 Å². The summed E-state index contributed by atoms with van der Waals surface area (Å²) in [6.07, 6.45) is 4.15. The highest BCUT2D eigenvalue weighted by Crippen LogP contribution is 2.22. The van der Waals surface area contributed by atoms with Crippen LogP contribution in [0.4, 0.5) is 5.69 Å². The molecule has 2 atom stereocenters. The predicted molar refractivity (Wildman–Crippen MR) is 69.1 cm³/mol. The molecular weight excluding hydrogens is 230 g/mol. The Balaban J connectivity index is 2.13. The minimum Gasteiger partial charge on any atom is -0.397 e. The molecule has 5 heteroatoms. The number of nitrogens with zero attached hydrogens (tertiary/aromatic N) is 2. The molecule has 0 aromatic carbocycles. The van der Waals surface area contributed by atoms with E-state index in [0.717, 1.165) is 13.0 Å². The molecule has 1 saturated heterocycles. The van der Waals surface area contributed by atoms with Gasteiger partial charge in [0.1, 0.15) is 0 Å². The van der Waals surface area contributed by atoms with Gasteiger partial charge < -0.3 is 15.4 Å². The van der Waals surface area contributed by atoms with E-state index in [1.165, 1.54) is 6.20 Å². The number of carbonyl (C=O) groups is 1. The molecule has 0 saturated carbocycles. The summed E-state index contributed by atoms with van der Waals surface area (Å²) in [4.78, 5) is 18.1. The minimum atomic E-state index is -0.0381. The van der Waals surface area contributed by atoms with Gasteiger partial charge in [0, 0.05) is 26.4 Å². The number of likely N-dealkylation sites (tertiary alicyclic amines) is 1. The molecule has 18 heavy (non-hydrogen) atoms. The van der Waals surface area contributed by atoms with Gasteiger partial charge in [0.25, 0.3) is 5.91 Å². The normalized spacial score (nSPS) is 24.0. The predicted octanol–water partition coefficient (Wildman–Crippen LogP) is 1.16. The van der Waals surface area contributed by atoms with Crippen LogP contribution in [-0.4, -0.2) is 42.1 Å². The van der Waals surface area contributed by atoms with Crippen LogP contribution < -0.4 is 5.73 Å². The Bertz CT molecular complexity index is 436. The van der Waals surface area contributed by atoms with Crippen LogP contribution in [0.25, 0.3) is 0 Å². The third-order valence-electron chi connectivity index (χ3n) is 3.56. The fourth-order valence-electron chi connectivity index (χ4n) is 2.30. The monoisotopic (exact) mass is 249 g/mol. The summed E-state index contributed by atoms with van der Waals surface area (Å²) in [5.41, 5.74) is 6.73. The van der Waals surface area contributed by atoms with Crippen LogP contribution in [-0.2, 0) is 4.74 Å². The van der Waals surface area contributed by atoms with Crippen molar-refractivity contribution in [1.29, 1.82) is 0 Å². The molecule has 0 aliphatic carbocycles. The van der Waals surface area contributed by atoms with E-state index in [4.69, 9.17) is 10.5 Å². The maximum atomic E-state index is 12.4. The first kappa shape index (κ1) is 12.8. The highest BCUT2D eigenvalue weighted by Gasteiger charge is 2.29. The third-order valence-corrected chi connectivity index (χ3v) is 3.56. The summed E-state index contributed by atoms with van der Waals surface area (Å²) in [5.74, 6) is 0.442. The molecule has 1 aliphatic rings. The van der Waals surface area contributed by atoms with Crippen molar-refractivity contribution in [3.8, 4) is 0 Å². The Morgan fingerprint density at radius 3 is 3.06 bits per heavy atom. The van der Waals surface area contributed by atoms with E-state index in [1.54, 1.807) is 24.3 Å². The van der Waals surface area contributed by atoms with Crippen molar-refractivity contribution in [3.05, 3.63) is 24.0 Å². The zero-order valence-electron chi connectivity index (χ0n) is 10.8. The first-order valence-electron chi connectivity index (χ1n) is 6.15. The number of carbonyl (C=O) groups excluding carboxylic acids is 1. The summed E-state index contributed by atoms with van der Waals surface area (Å²) >= 11 is 0. The Kier molecular flexibility index (Phi) is 3.81. The quantitative estimate of drug-likeness (QED) is 0.854. The number of hydrogen-bond donors (Lipinski definition) is 1. The van der Waals surface area contributed by atoms with Crippen molar-refractivity contribution in [1.82, 2.24) is 9.88 Å². The number of anilines is 1. The molecule has 1 aromatic rings. The molecule has 1 aromatic heterocycles. The van der Waals surface area contributed by atoms with Crippen LogP contribution in [0, 0.1) is 5.92 Å². The van der Waals surface area contributed by atoms with Gasteiger partial charge in [-0.3, -0.25) is 9.78 Å². The van der Waals surface area contributed by atoms with Crippen molar-refractivity contribution in [2.75, 3.05) is 25.9 Å². The van der Waals surface area contributed by atoms with E-state index in [1.807, 2.05) is 0 Å². The van der Waals surface area contributed by atoms with E-state index >= 15 is 0 Å². The molecule has 5 nitrogen and oxygen atoms in total. The molecule has 1 aliphatic heterocycles. The smallest absolute Gasteiger partial charge is 0.256 e. The Morgan fingerprint density at radius 2 is 2.39 bits per heavy atom. The molecular formula is C13H19N3O2. The van der Waals surface area contributed by atoms with E-state index < -0.39 is 0 Å². The van der Waals surface area contributed by atoms with Crippen molar-refractivity contribution in [2.24, 2.45) is 5.92 Å². The van der Waals surface area contributed by atoms with Crippen LogP contribution in [0.15, 0.2) is 18.5 Å². The number of amides is 1. The fraction of sp³-hybridized carbons (Fsp3) is 0.538. The lowest BCUT2D eigenvalue weighted by Crippen LogP contribution is -2.46. The molecule has 2 unspecified atom stereocenters. The maximum absolute atomic E-state index is 12.4. The number of aromatic nitrogens is 1. The number of rotatable bonds is 2. The van der Waals surface area contributed by atoms with Gasteiger partial charge in [-0.2, -0.15) is 0 Å². The summed E-state index contributed by atoms with van der Waals surface area (Å²) in [6.45, 7) is 3.52. The molecule has 0 radical (unpaired) electrons. The van der Waals surface area contributed by atoms with Gasteiger partial charge in [-0.1, -0.05) is 6.92 Å². The molecule has 1 amide bonds. The van der Waals surface area contributed by atoms with E-state index in [-0.39, 0.29) is 12.0 Å². The number of pyridine rings is 1. The summed E-state index contributed by atoms with van der Waals surface area (Å²) in [7, 11) is 1.69. The topological polar surface area (TPSA) is 68.5 Å². The maximum Gasteiger partial charge on any atom is 0.256 e. The second kappa shape index (κ2) is 5.35. The van der Waals surface area contributed by atoms with Crippen LogP contribution in [0.2, 0.25) is 0 Å². The highest BCUT2D eigenvalue weighted by molar-refractivity contribution is 5.98. The Labute approximate surface area is 107 Å². The van der Waals surface area contributed by atoms with Crippen LogP contribution >= 0.6 is 0 Å². The average molecular weight is 249 g/mol. The third kappa shape index (κ3) is 2.46. The minimum absolute atomic E-state index is 0.0381. The molecule has 98 valence electrons. The van der Waals surface area contributed by atoms with Gasteiger partial charge in [0.15, 0.2) is 0 Å². The van der Waals surface area contributed by atoms with Gasteiger partial charge in [-0.25, -0.2) is 0 Å². The van der Waals surface area contributed by atoms with Crippen molar-refractivity contribution in [3.63, 3.8) is 0 Å². The van der Waals surface area contributed by atoms with Crippen molar-refractivity contribution in [2.45, 2.75) is 19.4 Å². The molecule has 0 bridgehead atoms. The number of piperidine rings is 1. The lowest BCUT2D eigenvalue weighted by atomic mass is 9.95. The number of ether oxygens (including phenoxy) is 1. The summed E-state index contributed by atoms with van der Waals surface area (Å²) in [6, 6.07) is 1.66. The number of methoxy groups -OCH3 is 1. The molecule has 2 rings (SSSR count). The zero-order chi connectivity index (χ0) is 13.1. The standard InChI is InChI=1S/C13H19N3O2/c1-9-4-6-16(8-12(9)18-2)13(17)10-3-5-15-7-11(10)14/h3,5,7,9,12H,4,6,8,14H2,1-2H3. The number of nitrogens with two attached hydrogens (primary N) is 1. The van der Waals surface area contributed by atoms with Gasteiger partial charge in [0.2, 0.25) is 0 Å². The largest absolute Gasteiger partial charge is 0.397 e. The second-order valence-electron chi connectivity index (χ2n) is 4.75. The Morgan fingerprint density at radius 1 is 1.61 bits per heavy atom. The average Bonchev–Trinajstić information content (AvgIpc) is 2.39. The van der Waals surface area contributed by atoms with Crippen LogP contribution in [0.3, 0.4) is 0 Å². The van der Waals surface area contributed by atoms with Gasteiger partial charge in [0.05, 0.1) is 23.6 Å². The van der Waals surface area contributed by atoms with E-state index in [2.05, 4.69) is 11.9 Å². The molecule has 2 N–H and O–H groups in total. The van der Waals surface area contributed by atoms with Crippen molar-refractivity contribution < 1.29 is 9.53 Å². The van der Waals surface area contributed by atoms with Gasteiger partial charge in [-0.15, -0.1) is 0 Å². The summed E-state index contributed by atoms with van der Waals surface area (Å²) in [5, 5.41) is 0. The zero-order valence-corrected chi connectivity index (χ0v) is 10.8. The van der Waals surface area contributed by atoms with Gasteiger partial charge >= 0.3 is 0 Å². The first-order chi connectivity index (χ1) is 8.63.